The first-order chi connectivity index (χ1) is 15.6. The highest BCUT2D eigenvalue weighted by Crippen LogP contribution is 2.43. The molecule has 4 N–H and O–H groups in total. The van der Waals surface area contributed by atoms with Crippen LogP contribution >= 0.6 is 7.60 Å². The zero-order valence-corrected chi connectivity index (χ0v) is 18.4. The number of aromatic hydroxyl groups is 2. The molecular weight excluding hydrogens is 452 g/mol. The van der Waals surface area contributed by atoms with Crippen LogP contribution in [0.15, 0.2) is 48.8 Å². The number of hydrogen-bond acceptors (Lipinski definition) is 5. The van der Waals surface area contributed by atoms with Gasteiger partial charge in [0.05, 0.1) is 23.7 Å². The number of phenols is 1. The van der Waals surface area contributed by atoms with E-state index in [9.17, 15) is 24.0 Å². The van der Waals surface area contributed by atoms with Gasteiger partial charge in [0.1, 0.15) is 11.3 Å². The number of phenolic OH excluding ortho intramolecular Hbond substituents is 1. The number of carbonyl (C=O) groups is 1. The third-order valence-corrected chi connectivity index (χ3v) is 6.19. The molecule has 0 saturated heterocycles. The normalized spacial score (nSPS) is 11.9. The highest BCUT2D eigenvalue weighted by molar-refractivity contribution is 7.51. The van der Waals surface area contributed by atoms with Crippen molar-refractivity contribution < 1.29 is 33.7 Å². The summed E-state index contributed by atoms with van der Waals surface area (Å²) in [7, 11) is -2.91. The summed E-state index contributed by atoms with van der Waals surface area (Å²) in [6.07, 6.45) is 2.43. The minimum atomic E-state index is -4.32. The molecule has 2 heterocycles. The third kappa shape index (κ3) is 4.41. The van der Waals surface area contributed by atoms with Crippen LogP contribution in [0.1, 0.15) is 15.9 Å². The predicted molar refractivity (Wildman–Crippen MR) is 120 cm³/mol. The van der Waals surface area contributed by atoms with E-state index >= 15 is 0 Å². The van der Waals surface area contributed by atoms with Crippen LogP contribution in [-0.2, 0) is 11.1 Å². The average molecular weight is 473 g/mol. The van der Waals surface area contributed by atoms with Crippen LogP contribution in [0.25, 0.3) is 21.7 Å². The average Bonchev–Trinajstić information content (AvgIpc) is 3.09. The molecule has 0 aliphatic carbocycles. The van der Waals surface area contributed by atoms with Gasteiger partial charge in [0, 0.05) is 36.8 Å². The number of aromatic nitrogens is 2. The Kier molecular flexibility index (Phi) is 5.84. The van der Waals surface area contributed by atoms with Crippen LogP contribution in [0.4, 0.5) is 4.39 Å². The van der Waals surface area contributed by atoms with Gasteiger partial charge < -0.3 is 29.5 Å². The molecule has 0 radical (unpaired) electrons. The van der Waals surface area contributed by atoms with Gasteiger partial charge in [-0.3, -0.25) is 14.3 Å². The maximum atomic E-state index is 13.3. The van der Waals surface area contributed by atoms with E-state index in [0.717, 1.165) is 0 Å². The summed E-state index contributed by atoms with van der Waals surface area (Å²) in [6, 6.07) is 8.88. The van der Waals surface area contributed by atoms with Crippen molar-refractivity contribution in [2.24, 2.45) is 0 Å². The largest absolute Gasteiger partial charge is 0.505 e. The van der Waals surface area contributed by atoms with Crippen molar-refractivity contribution >= 4 is 35.2 Å². The summed E-state index contributed by atoms with van der Waals surface area (Å²) in [4.78, 5) is 37.0. The molecule has 11 heteroatoms. The number of amides is 1. The molecule has 0 saturated carbocycles. The van der Waals surface area contributed by atoms with Gasteiger partial charge in [0.25, 0.3) is 5.91 Å². The van der Waals surface area contributed by atoms with Crippen LogP contribution in [0.2, 0.25) is 0 Å². The topological polar surface area (TPSA) is 136 Å². The van der Waals surface area contributed by atoms with E-state index < -0.39 is 25.5 Å². The van der Waals surface area contributed by atoms with E-state index in [1.165, 1.54) is 41.0 Å². The van der Waals surface area contributed by atoms with Crippen molar-refractivity contribution in [2.75, 3.05) is 19.8 Å². The molecule has 0 spiro atoms. The monoisotopic (exact) mass is 473 g/mol. The second-order valence-corrected chi connectivity index (χ2v) is 9.51. The Hall–Kier alpha value is -3.46. The molecule has 0 aliphatic heterocycles. The summed E-state index contributed by atoms with van der Waals surface area (Å²) in [5, 5.41) is 22.3. The minimum absolute atomic E-state index is 0.0232. The van der Waals surface area contributed by atoms with Gasteiger partial charge in [-0.25, -0.2) is 4.39 Å². The van der Waals surface area contributed by atoms with Gasteiger partial charge >= 0.3 is 7.60 Å². The lowest BCUT2D eigenvalue weighted by atomic mass is 10.00. The Balaban J connectivity index is 1.88. The molecule has 1 amide bonds. The highest BCUT2D eigenvalue weighted by Gasteiger charge is 2.27. The van der Waals surface area contributed by atoms with E-state index in [2.05, 4.69) is 4.98 Å². The van der Waals surface area contributed by atoms with Crippen LogP contribution in [0.3, 0.4) is 0 Å². The molecule has 2 aromatic heterocycles. The summed E-state index contributed by atoms with van der Waals surface area (Å²) in [5.41, 5.74) is 0.916. The fourth-order valence-electron chi connectivity index (χ4n) is 3.74. The first-order valence-electron chi connectivity index (χ1n) is 9.92. The molecule has 2 aromatic carbocycles. The Morgan fingerprint density at radius 1 is 1.15 bits per heavy atom. The van der Waals surface area contributed by atoms with Crippen molar-refractivity contribution in [3.63, 3.8) is 0 Å². The zero-order valence-electron chi connectivity index (χ0n) is 17.5. The van der Waals surface area contributed by atoms with E-state index in [-0.39, 0.29) is 46.6 Å². The Morgan fingerprint density at radius 2 is 1.85 bits per heavy atom. The maximum Gasteiger partial charge on any atom is 0.327 e. The highest BCUT2D eigenvalue weighted by atomic mass is 31.2. The summed E-state index contributed by atoms with van der Waals surface area (Å²) in [5.74, 6) is -1.55. The van der Waals surface area contributed by atoms with Gasteiger partial charge in [-0.15, -0.1) is 0 Å². The van der Waals surface area contributed by atoms with E-state index in [1.807, 2.05) is 0 Å². The number of hydrogen-bond donors (Lipinski definition) is 4. The standard InChI is InChI=1S/C22H21FN3O6P/c1-25(9-10-33(30,31)32)21(28)17-15-3-2-8-24-19(15)20(27)18-16(17)12-26(22(18)29)11-13-4-6-14(23)7-5-13/h2-8,12,27,29H,9-11H2,1H3,(H2,30,31,32). The Bertz CT molecular complexity index is 1410. The molecule has 0 atom stereocenters. The molecular formula is C22H21FN3O6P. The van der Waals surface area contributed by atoms with E-state index in [0.29, 0.717) is 10.9 Å². The lowest BCUT2D eigenvalue weighted by molar-refractivity contribution is 0.0806. The first-order valence-corrected chi connectivity index (χ1v) is 11.7. The number of fused-ring (bicyclic) bond motifs is 2. The van der Waals surface area contributed by atoms with Gasteiger partial charge in [-0.2, -0.15) is 0 Å². The van der Waals surface area contributed by atoms with Crippen molar-refractivity contribution in [3.8, 4) is 11.6 Å². The maximum absolute atomic E-state index is 13.3. The number of halogens is 1. The molecule has 0 aliphatic rings. The second kappa shape index (κ2) is 8.47. The van der Waals surface area contributed by atoms with Crippen molar-refractivity contribution in [3.05, 3.63) is 65.7 Å². The molecule has 33 heavy (non-hydrogen) atoms. The minimum Gasteiger partial charge on any atom is -0.505 e. The smallest absolute Gasteiger partial charge is 0.327 e. The number of nitrogens with zero attached hydrogens (tertiary/aromatic N) is 3. The van der Waals surface area contributed by atoms with Gasteiger partial charge in [-0.1, -0.05) is 18.2 Å². The lowest BCUT2D eigenvalue weighted by Crippen LogP contribution is -2.29. The lowest BCUT2D eigenvalue weighted by Gasteiger charge is -2.19. The molecule has 4 aromatic rings. The Morgan fingerprint density at radius 3 is 2.52 bits per heavy atom. The van der Waals surface area contributed by atoms with Crippen LogP contribution < -0.4 is 0 Å². The predicted octanol–water partition coefficient (Wildman–Crippen LogP) is 3.04. The molecule has 4 rings (SSSR count). The fraction of sp³-hybridized carbons (Fsp3) is 0.182. The zero-order chi connectivity index (χ0) is 23.9. The van der Waals surface area contributed by atoms with Crippen LogP contribution in [-0.4, -0.2) is 60.1 Å². The van der Waals surface area contributed by atoms with Crippen molar-refractivity contribution in [1.29, 1.82) is 0 Å². The fourth-order valence-corrected chi connectivity index (χ4v) is 4.30. The number of carbonyl (C=O) groups excluding carboxylic acids is 1. The molecule has 172 valence electrons. The second-order valence-electron chi connectivity index (χ2n) is 7.73. The molecule has 9 nitrogen and oxygen atoms in total. The summed E-state index contributed by atoms with van der Waals surface area (Å²) in [6.45, 7) is -0.0544. The first kappa shape index (κ1) is 22.7. The van der Waals surface area contributed by atoms with Crippen molar-refractivity contribution in [2.45, 2.75) is 6.54 Å². The van der Waals surface area contributed by atoms with Gasteiger partial charge in [0.15, 0.2) is 5.75 Å². The SMILES string of the molecule is CN(CCP(=O)(O)O)C(=O)c1c2cccnc2c(O)c2c(O)n(Cc3ccc(F)cc3)cc12. The molecule has 0 bridgehead atoms. The Labute approximate surface area is 187 Å². The molecule has 0 fully saturated rings. The van der Waals surface area contributed by atoms with Gasteiger partial charge in [-0.05, 0) is 23.8 Å². The number of pyridine rings is 1. The number of benzene rings is 2. The van der Waals surface area contributed by atoms with Crippen LogP contribution in [0.5, 0.6) is 11.6 Å². The van der Waals surface area contributed by atoms with Gasteiger partial charge in [0.2, 0.25) is 5.88 Å². The number of rotatable bonds is 6. The van der Waals surface area contributed by atoms with E-state index in [4.69, 9.17) is 9.79 Å². The third-order valence-electron chi connectivity index (χ3n) is 5.41. The van der Waals surface area contributed by atoms with E-state index in [1.54, 1.807) is 24.3 Å². The summed E-state index contributed by atoms with van der Waals surface area (Å²) < 4.78 is 25.9. The summed E-state index contributed by atoms with van der Waals surface area (Å²) >= 11 is 0. The van der Waals surface area contributed by atoms with Crippen LogP contribution in [0, 0.1) is 5.82 Å². The molecule has 0 unspecified atom stereocenters. The quantitative estimate of drug-likeness (QED) is 0.316. The van der Waals surface area contributed by atoms with Crippen molar-refractivity contribution in [1.82, 2.24) is 14.5 Å².